The number of rotatable bonds is 5. The molecular formula is C14H30N2O. The maximum Gasteiger partial charge on any atom is 0.0597 e. The molecule has 17 heavy (non-hydrogen) atoms. The van der Waals surface area contributed by atoms with E-state index < -0.39 is 0 Å². The molecule has 2 atom stereocenters. The van der Waals surface area contributed by atoms with Crippen molar-refractivity contribution in [2.75, 3.05) is 26.2 Å². The summed E-state index contributed by atoms with van der Waals surface area (Å²) >= 11 is 0. The van der Waals surface area contributed by atoms with Crippen molar-refractivity contribution in [2.45, 2.75) is 65.1 Å². The van der Waals surface area contributed by atoms with E-state index in [1.165, 1.54) is 12.8 Å². The Morgan fingerprint density at radius 1 is 1.47 bits per heavy atom. The average molecular weight is 242 g/mol. The molecule has 102 valence electrons. The molecule has 3 nitrogen and oxygen atoms in total. The Bertz CT molecular complexity index is 220. The zero-order valence-electron chi connectivity index (χ0n) is 12.3. The van der Waals surface area contributed by atoms with E-state index >= 15 is 0 Å². The number of nitrogens with one attached hydrogen (secondary N) is 1. The van der Waals surface area contributed by atoms with Crippen molar-refractivity contribution in [2.24, 2.45) is 0 Å². The highest BCUT2D eigenvalue weighted by Gasteiger charge is 2.29. The van der Waals surface area contributed by atoms with Crippen LogP contribution >= 0.6 is 0 Å². The Balaban J connectivity index is 2.48. The summed E-state index contributed by atoms with van der Waals surface area (Å²) < 4.78 is 5.67. The van der Waals surface area contributed by atoms with Gasteiger partial charge >= 0.3 is 0 Å². The van der Waals surface area contributed by atoms with Crippen LogP contribution in [0, 0.1) is 0 Å². The van der Waals surface area contributed by atoms with Crippen LogP contribution in [0.2, 0.25) is 0 Å². The molecule has 1 rings (SSSR count). The van der Waals surface area contributed by atoms with Crippen LogP contribution in [-0.2, 0) is 4.74 Å². The van der Waals surface area contributed by atoms with Gasteiger partial charge in [-0.25, -0.2) is 0 Å². The van der Waals surface area contributed by atoms with E-state index in [-0.39, 0.29) is 5.54 Å². The molecule has 1 saturated heterocycles. The number of ether oxygens (including phenoxy) is 1. The molecule has 2 unspecified atom stereocenters. The summed E-state index contributed by atoms with van der Waals surface area (Å²) in [5.74, 6) is 0. The maximum atomic E-state index is 5.67. The Morgan fingerprint density at radius 2 is 2.18 bits per heavy atom. The summed E-state index contributed by atoms with van der Waals surface area (Å²) in [7, 11) is 0. The third-order valence-corrected chi connectivity index (χ3v) is 3.90. The second-order valence-electron chi connectivity index (χ2n) is 5.87. The van der Waals surface area contributed by atoms with E-state index in [1.54, 1.807) is 0 Å². The standard InChI is InChI=1S/C14H30N2O/c1-6-14(5)11-16(9-10-17-12(2)3)13(4)7-8-15-14/h12-13,15H,6-11H2,1-5H3. The third kappa shape index (κ3) is 4.94. The summed E-state index contributed by atoms with van der Waals surface area (Å²) in [6, 6.07) is 0.659. The fourth-order valence-corrected chi connectivity index (χ4v) is 2.37. The van der Waals surface area contributed by atoms with E-state index in [1.807, 2.05) is 0 Å². The average Bonchev–Trinajstić information content (AvgIpc) is 2.40. The van der Waals surface area contributed by atoms with Gasteiger partial charge in [0.1, 0.15) is 0 Å². The highest BCUT2D eigenvalue weighted by Crippen LogP contribution is 2.18. The molecule has 0 saturated carbocycles. The van der Waals surface area contributed by atoms with Gasteiger partial charge in [-0.15, -0.1) is 0 Å². The van der Waals surface area contributed by atoms with Crippen molar-refractivity contribution >= 4 is 0 Å². The zero-order valence-corrected chi connectivity index (χ0v) is 12.3. The van der Waals surface area contributed by atoms with Crippen molar-refractivity contribution in [1.29, 1.82) is 0 Å². The first-order chi connectivity index (χ1) is 7.97. The van der Waals surface area contributed by atoms with Crippen LogP contribution in [0.5, 0.6) is 0 Å². The predicted octanol–water partition coefficient (Wildman–Crippen LogP) is 2.26. The van der Waals surface area contributed by atoms with Crippen molar-refractivity contribution in [3.8, 4) is 0 Å². The molecule has 0 aromatic carbocycles. The lowest BCUT2D eigenvalue weighted by Crippen LogP contribution is -2.50. The van der Waals surface area contributed by atoms with Gasteiger partial charge in [0.05, 0.1) is 12.7 Å². The van der Waals surface area contributed by atoms with Crippen LogP contribution < -0.4 is 5.32 Å². The van der Waals surface area contributed by atoms with Gasteiger partial charge in [-0.3, -0.25) is 4.90 Å². The number of hydrogen-bond donors (Lipinski definition) is 1. The largest absolute Gasteiger partial charge is 0.377 e. The predicted molar refractivity (Wildman–Crippen MR) is 73.4 cm³/mol. The summed E-state index contributed by atoms with van der Waals surface area (Å²) in [5, 5.41) is 3.68. The van der Waals surface area contributed by atoms with Crippen molar-refractivity contribution < 1.29 is 4.74 Å². The Kier molecular flexibility index (Phi) is 5.90. The summed E-state index contributed by atoms with van der Waals surface area (Å²) in [6.45, 7) is 15.3. The quantitative estimate of drug-likeness (QED) is 0.800. The molecule has 0 radical (unpaired) electrons. The molecule has 0 amide bonds. The minimum Gasteiger partial charge on any atom is -0.377 e. The van der Waals surface area contributed by atoms with E-state index in [2.05, 4.69) is 44.8 Å². The molecular weight excluding hydrogens is 212 g/mol. The minimum atomic E-state index is 0.266. The smallest absolute Gasteiger partial charge is 0.0597 e. The van der Waals surface area contributed by atoms with Gasteiger partial charge in [-0.2, -0.15) is 0 Å². The van der Waals surface area contributed by atoms with Crippen molar-refractivity contribution in [1.82, 2.24) is 10.2 Å². The Labute approximate surface area is 107 Å². The molecule has 0 bridgehead atoms. The number of nitrogens with zero attached hydrogens (tertiary/aromatic N) is 1. The summed E-state index contributed by atoms with van der Waals surface area (Å²) in [6.07, 6.45) is 2.76. The molecule has 1 heterocycles. The molecule has 0 spiro atoms. The zero-order chi connectivity index (χ0) is 12.9. The van der Waals surface area contributed by atoms with Crippen LogP contribution in [0.4, 0.5) is 0 Å². The van der Waals surface area contributed by atoms with Crippen LogP contribution in [0.3, 0.4) is 0 Å². The first-order valence-electron chi connectivity index (χ1n) is 7.07. The summed E-state index contributed by atoms with van der Waals surface area (Å²) in [5.41, 5.74) is 0.266. The van der Waals surface area contributed by atoms with Gasteiger partial charge in [0.15, 0.2) is 0 Å². The van der Waals surface area contributed by atoms with Crippen molar-refractivity contribution in [3.63, 3.8) is 0 Å². The fourth-order valence-electron chi connectivity index (χ4n) is 2.37. The highest BCUT2D eigenvalue weighted by atomic mass is 16.5. The number of hydrogen-bond acceptors (Lipinski definition) is 3. The molecule has 0 aromatic rings. The fraction of sp³-hybridized carbons (Fsp3) is 1.00. The van der Waals surface area contributed by atoms with Crippen LogP contribution in [0.1, 0.15) is 47.5 Å². The lowest BCUT2D eigenvalue weighted by atomic mass is 9.98. The molecule has 1 aliphatic heterocycles. The molecule has 1 aliphatic rings. The Morgan fingerprint density at radius 3 is 2.76 bits per heavy atom. The molecule has 3 heteroatoms. The molecule has 0 aromatic heterocycles. The highest BCUT2D eigenvalue weighted by molar-refractivity contribution is 4.90. The summed E-state index contributed by atoms with van der Waals surface area (Å²) in [4.78, 5) is 2.58. The van der Waals surface area contributed by atoms with Crippen LogP contribution in [-0.4, -0.2) is 48.8 Å². The van der Waals surface area contributed by atoms with Gasteiger partial charge in [0.2, 0.25) is 0 Å². The van der Waals surface area contributed by atoms with Gasteiger partial charge in [0.25, 0.3) is 0 Å². The first kappa shape index (κ1) is 14.9. The van der Waals surface area contributed by atoms with Crippen LogP contribution in [0.25, 0.3) is 0 Å². The monoisotopic (exact) mass is 242 g/mol. The van der Waals surface area contributed by atoms with Gasteiger partial charge in [0, 0.05) is 24.7 Å². The lowest BCUT2D eigenvalue weighted by Gasteiger charge is -2.35. The third-order valence-electron chi connectivity index (χ3n) is 3.90. The minimum absolute atomic E-state index is 0.266. The molecule has 0 aliphatic carbocycles. The molecule has 1 N–H and O–H groups in total. The van der Waals surface area contributed by atoms with Crippen LogP contribution in [0.15, 0.2) is 0 Å². The van der Waals surface area contributed by atoms with Gasteiger partial charge < -0.3 is 10.1 Å². The second kappa shape index (κ2) is 6.72. The SMILES string of the molecule is CCC1(C)CN(CCOC(C)C)C(C)CCN1. The van der Waals surface area contributed by atoms with Gasteiger partial charge in [-0.1, -0.05) is 6.92 Å². The Hall–Kier alpha value is -0.120. The maximum absolute atomic E-state index is 5.67. The van der Waals surface area contributed by atoms with E-state index in [0.717, 1.165) is 26.2 Å². The van der Waals surface area contributed by atoms with E-state index in [9.17, 15) is 0 Å². The van der Waals surface area contributed by atoms with E-state index in [0.29, 0.717) is 12.1 Å². The van der Waals surface area contributed by atoms with Crippen molar-refractivity contribution in [3.05, 3.63) is 0 Å². The van der Waals surface area contributed by atoms with Gasteiger partial charge in [-0.05, 0) is 47.1 Å². The lowest BCUT2D eigenvalue weighted by molar-refractivity contribution is 0.0461. The molecule has 1 fully saturated rings. The second-order valence-corrected chi connectivity index (χ2v) is 5.87. The topological polar surface area (TPSA) is 24.5 Å². The first-order valence-corrected chi connectivity index (χ1v) is 7.07. The van der Waals surface area contributed by atoms with E-state index in [4.69, 9.17) is 4.74 Å². The normalized spacial score (nSPS) is 31.8.